The van der Waals surface area contributed by atoms with Gasteiger partial charge in [-0.2, -0.15) is 0 Å². The summed E-state index contributed by atoms with van der Waals surface area (Å²) in [6, 6.07) is 5.19. The Morgan fingerprint density at radius 1 is 1.60 bits per heavy atom. The second-order valence-corrected chi connectivity index (χ2v) is 3.00. The molecule has 1 aromatic carbocycles. The van der Waals surface area contributed by atoms with Crippen molar-refractivity contribution in [2.75, 3.05) is 7.11 Å². The number of carbonyl (C=O) groups is 1. The number of carboxylic acids is 1. The molecule has 1 heterocycles. The Balaban J connectivity index is 2.51. The predicted molar refractivity (Wildman–Crippen MR) is 51.7 cm³/mol. The zero-order valence-electron chi connectivity index (χ0n) is 8.04. The maximum atomic E-state index is 10.5. The topological polar surface area (TPSA) is 77.2 Å². The van der Waals surface area contributed by atoms with Gasteiger partial charge in [-0.3, -0.25) is 4.79 Å². The van der Waals surface area contributed by atoms with Crippen LogP contribution in [0.4, 0.5) is 0 Å². The minimum absolute atomic E-state index is 0.205. The molecule has 0 unspecified atom stereocenters. The summed E-state index contributed by atoms with van der Waals surface area (Å²) in [6.07, 6.45) is 0. The van der Waals surface area contributed by atoms with Crippen LogP contribution in [-0.2, 0) is 11.3 Å². The van der Waals surface area contributed by atoms with Gasteiger partial charge in [0, 0.05) is 6.07 Å². The van der Waals surface area contributed by atoms with Crippen molar-refractivity contribution in [1.29, 1.82) is 0 Å². The molecule has 0 saturated heterocycles. The molecule has 6 nitrogen and oxygen atoms in total. The molecule has 6 heteroatoms. The highest BCUT2D eigenvalue weighted by molar-refractivity contribution is 5.78. The van der Waals surface area contributed by atoms with E-state index in [0.29, 0.717) is 16.8 Å². The Labute approximate surface area is 85.1 Å². The lowest BCUT2D eigenvalue weighted by Crippen LogP contribution is -2.09. The number of ether oxygens (including phenoxy) is 1. The second kappa shape index (κ2) is 3.56. The van der Waals surface area contributed by atoms with Crippen LogP contribution in [0.5, 0.6) is 5.75 Å². The van der Waals surface area contributed by atoms with Crippen LogP contribution in [0.1, 0.15) is 0 Å². The van der Waals surface area contributed by atoms with Gasteiger partial charge in [-0.05, 0) is 12.1 Å². The maximum absolute atomic E-state index is 10.5. The van der Waals surface area contributed by atoms with Crippen LogP contribution in [0.2, 0.25) is 0 Å². The van der Waals surface area contributed by atoms with E-state index in [0.717, 1.165) is 0 Å². The van der Waals surface area contributed by atoms with Crippen LogP contribution < -0.4 is 4.74 Å². The lowest BCUT2D eigenvalue weighted by molar-refractivity contribution is -0.137. The molecule has 1 aromatic heterocycles. The quantitative estimate of drug-likeness (QED) is 0.794. The smallest absolute Gasteiger partial charge is 0.325 e. The Morgan fingerprint density at radius 3 is 3.07 bits per heavy atom. The van der Waals surface area contributed by atoms with Crippen LogP contribution in [0, 0.1) is 0 Å². The minimum atomic E-state index is -0.954. The Morgan fingerprint density at radius 2 is 2.40 bits per heavy atom. The zero-order chi connectivity index (χ0) is 10.8. The van der Waals surface area contributed by atoms with Gasteiger partial charge in [0.15, 0.2) is 0 Å². The van der Waals surface area contributed by atoms with E-state index < -0.39 is 5.97 Å². The monoisotopic (exact) mass is 207 g/mol. The van der Waals surface area contributed by atoms with Crippen molar-refractivity contribution in [1.82, 2.24) is 15.0 Å². The van der Waals surface area contributed by atoms with Gasteiger partial charge in [0.25, 0.3) is 0 Å². The average molecular weight is 207 g/mol. The maximum Gasteiger partial charge on any atom is 0.325 e. The van der Waals surface area contributed by atoms with E-state index in [4.69, 9.17) is 9.84 Å². The van der Waals surface area contributed by atoms with Crippen molar-refractivity contribution < 1.29 is 14.6 Å². The summed E-state index contributed by atoms with van der Waals surface area (Å²) in [5.74, 6) is -0.305. The summed E-state index contributed by atoms with van der Waals surface area (Å²) in [5.41, 5.74) is 1.30. The van der Waals surface area contributed by atoms with Crippen molar-refractivity contribution in [2.45, 2.75) is 6.54 Å². The lowest BCUT2D eigenvalue weighted by atomic mass is 10.3. The van der Waals surface area contributed by atoms with Crippen LogP contribution >= 0.6 is 0 Å². The second-order valence-electron chi connectivity index (χ2n) is 3.00. The molecule has 0 fully saturated rings. The molecule has 2 aromatic rings. The van der Waals surface area contributed by atoms with Crippen LogP contribution in [0.25, 0.3) is 11.0 Å². The summed E-state index contributed by atoms with van der Waals surface area (Å²) < 4.78 is 6.35. The van der Waals surface area contributed by atoms with E-state index in [1.807, 2.05) is 0 Å². The van der Waals surface area contributed by atoms with E-state index in [2.05, 4.69) is 10.3 Å². The molecule has 15 heavy (non-hydrogen) atoms. The molecule has 2 rings (SSSR count). The summed E-state index contributed by atoms with van der Waals surface area (Å²) in [7, 11) is 1.55. The van der Waals surface area contributed by atoms with Crippen LogP contribution in [-0.4, -0.2) is 33.2 Å². The normalized spacial score (nSPS) is 10.5. The highest BCUT2D eigenvalue weighted by Crippen LogP contribution is 2.18. The molecule has 0 aliphatic carbocycles. The van der Waals surface area contributed by atoms with Gasteiger partial charge < -0.3 is 9.84 Å². The summed E-state index contributed by atoms with van der Waals surface area (Å²) >= 11 is 0. The largest absolute Gasteiger partial charge is 0.497 e. The third kappa shape index (κ3) is 1.74. The first-order chi connectivity index (χ1) is 7.20. The molecule has 0 aliphatic heterocycles. The number of fused-ring (bicyclic) bond motifs is 1. The summed E-state index contributed by atoms with van der Waals surface area (Å²) in [4.78, 5) is 10.5. The van der Waals surface area contributed by atoms with Gasteiger partial charge in [0.05, 0.1) is 12.6 Å². The highest BCUT2D eigenvalue weighted by Gasteiger charge is 2.08. The minimum Gasteiger partial charge on any atom is -0.497 e. The Bertz CT molecular complexity index is 506. The molecule has 0 saturated carbocycles. The average Bonchev–Trinajstić information content (AvgIpc) is 2.60. The van der Waals surface area contributed by atoms with Crippen molar-refractivity contribution in [2.24, 2.45) is 0 Å². The van der Waals surface area contributed by atoms with E-state index in [1.165, 1.54) is 4.68 Å². The van der Waals surface area contributed by atoms with Crippen molar-refractivity contribution in [3.8, 4) is 5.75 Å². The first-order valence-corrected chi connectivity index (χ1v) is 4.30. The fourth-order valence-corrected chi connectivity index (χ4v) is 1.32. The molecule has 0 bridgehead atoms. The molecule has 0 radical (unpaired) electrons. The van der Waals surface area contributed by atoms with Gasteiger partial charge in [-0.15, -0.1) is 5.10 Å². The van der Waals surface area contributed by atoms with Gasteiger partial charge in [-0.1, -0.05) is 5.21 Å². The number of aromatic nitrogens is 3. The Kier molecular flexibility index (Phi) is 2.24. The number of hydrogen-bond acceptors (Lipinski definition) is 4. The highest BCUT2D eigenvalue weighted by atomic mass is 16.5. The van der Waals surface area contributed by atoms with Crippen LogP contribution in [0.15, 0.2) is 18.2 Å². The standard InChI is InChI=1S/C9H9N3O3/c1-15-6-2-3-7-8(4-6)12(11-10-7)5-9(13)14/h2-4H,5H2,1H3,(H,13,14). The summed E-state index contributed by atoms with van der Waals surface area (Å²) in [5, 5.41) is 16.2. The van der Waals surface area contributed by atoms with Gasteiger partial charge in [-0.25, -0.2) is 4.68 Å². The SMILES string of the molecule is COc1ccc2nnn(CC(=O)O)c2c1. The predicted octanol–water partition coefficient (Wildman–Crippen LogP) is 0.524. The van der Waals surface area contributed by atoms with E-state index in [-0.39, 0.29) is 6.54 Å². The van der Waals surface area contributed by atoms with Crippen molar-refractivity contribution in [3.05, 3.63) is 18.2 Å². The molecule has 78 valence electrons. The Hall–Kier alpha value is -2.11. The third-order valence-corrected chi connectivity index (χ3v) is 2.01. The van der Waals surface area contributed by atoms with Gasteiger partial charge in [0.2, 0.25) is 0 Å². The van der Waals surface area contributed by atoms with Crippen LogP contribution in [0.3, 0.4) is 0 Å². The molecule has 0 aliphatic rings. The number of rotatable bonds is 3. The molecule has 0 amide bonds. The molecule has 1 N–H and O–H groups in total. The van der Waals surface area contributed by atoms with Gasteiger partial charge in [0.1, 0.15) is 17.8 Å². The number of nitrogens with zero attached hydrogens (tertiary/aromatic N) is 3. The number of benzene rings is 1. The van der Waals surface area contributed by atoms with E-state index in [1.54, 1.807) is 25.3 Å². The first-order valence-electron chi connectivity index (χ1n) is 4.30. The fourth-order valence-electron chi connectivity index (χ4n) is 1.32. The van der Waals surface area contributed by atoms with E-state index >= 15 is 0 Å². The third-order valence-electron chi connectivity index (χ3n) is 2.01. The lowest BCUT2D eigenvalue weighted by Gasteiger charge is -2.00. The fraction of sp³-hybridized carbons (Fsp3) is 0.222. The van der Waals surface area contributed by atoms with E-state index in [9.17, 15) is 4.79 Å². The number of aliphatic carboxylic acids is 1. The number of hydrogen-bond donors (Lipinski definition) is 1. The molecule has 0 atom stereocenters. The molecule has 0 spiro atoms. The zero-order valence-corrected chi connectivity index (χ0v) is 8.04. The number of carboxylic acid groups (broad SMARTS) is 1. The van der Waals surface area contributed by atoms with Crippen molar-refractivity contribution >= 4 is 17.0 Å². The first kappa shape index (κ1) is 9.45. The molecular weight excluding hydrogens is 198 g/mol. The summed E-state index contributed by atoms with van der Waals surface area (Å²) in [6.45, 7) is -0.205. The number of methoxy groups -OCH3 is 1. The molecular formula is C9H9N3O3. The van der Waals surface area contributed by atoms with Gasteiger partial charge >= 0.3 is 5.97 Å². The van der Waals surface area contributed by atoms with Crippen molar-refractivity contribution in [3.63, 3.8) is 0 Å².